The number of rotatable bonds is 2. The van der Waals surface area contributed by atoms with Gasteiger partial charge in [-0.05, 0) is 50.1 Å². The second kappa shape index (κ2) is 4.55. The molecule has 76 valence electrons. The van der Waals surface area contributed by atoms with E-state index in [1.54, 1.807) is 24.5 Å². The number of carbonyl (C=O) groups is 1. The lowest BCUT2D eigenvalue weighted by Crippen LogP contribution is -2.00. The maximum atomic E-state index is 12.0. The number of hydrogen-bond donors (Lipinski definition) is 0. The summed E-state index contributed by atoms with van der Waals surface area (Å²) < 4.78 is 1.77. The topological polar surface area (TPSA) is 30.0 Å². The molecule has 0 aliphatic heterocycles. The molecule has 2 aromatic heterocycles. The SMILES string of the molecule is O=C(c1cccnc1)c1cc(Br)sc1Br. The predicted molar refractivity (Wildman–Crippen MR) is 67.4 cm³/mol. The first-order valence-corrected chi connectivity index (χ1v) is 6.48. The molecule has 0 saturated carbocycles. The van der Waals surface area contributed by atoms with Crippen LogP contribution >= 0.6 is 43.2 Å². The smallest absolute Gasteiger partial charge is 0.196 e. The molecule has 15 heavy (non-hydrogen) atoms. The van der Waals surface area contributed by atoms with Crippen LogP contribution in [0.2, 0.25) is 0 Å². The minimum Gasteiger partial charge on any atom is -0.288 e. The van der Waals surface area contributed by atoms with E-state index in [0.717, 1.165) is 7.57 Å². The van der Waals surface area contributed by atoms with Gasteiger partial charge in [0.1, 0.15) is 0 Å². The van der Waals surface area contributed by atoms with Crippen molar-refractivity contribution in [2.45, 2.75) is 0 Å². The van der Waals surface area contributed by atoms with E-state index < -0.39 is 0 Å². The minimum atomic E-state index is -0.0167. The normalized spacial score (nSPS) is 10.3. The van der Waals surface area contributed by atoms with Gasteiger partial charge in [0.2, 0.25) is 0 Å². The van der Waals surface area contributed by atoms with Crippen LogP contribution in [0.1, 0.15) is 15.9 Å². The zero-order chi connectivity index (χ0) is 10.8. The van der Waals surface area contributed by atoms with E-state index in [-0.39, 0.29) is 5.78 Å². The highest BCUT2D eigenvalue weighted by molar-refractivity contribution is 9.12. The molecule has 0 aliphatic rings. The first-order chi connectivity index (χ1) is 7.18. The summed E-state index contributed by atoms with van der Waals surface area (Å²) in [5.74, 6) is -0.0167. The molecule has 0 saturated heterocycles. The molecule has 2 rings (SSSR count). The van der Waals surface area contributed by atoms with Gasteiger partial charge in [-0.25, -0.2) is 0 Å². The zero-order valence-electron chi connectivity index (χ0n) is 7.41. The Bertz CT molecular complexity index is 495. The van der Waals surface area contributed by atoms with Crippen molar-refractivity contribution in [3.8, 4) is 0 Å². The van der Waals surface area contributed by atoms with Crippen LogP contribution in [0, 0.1) is 0 Å². The summed E-state index contributed by atoms with van der Waals surface area (Å²) in [5, 5.41) is 0. The number of ketones is 1. The van der Waals surface area contributed by atoms with Gasteiger partial charge in [-0.2, -0.15) is 0 Å². The van der Waals surface area contributed by atoms with E-state index in [4.69, 9.17) is 0 Å². The summed E-state index contributed by atoms with van der Waals surface area (Å²) >= 11 is 8.19. The third-order valence-corrected chi connectivity index (χ3v) is 4.16. The summed E-state index contributed by atoms with van der Waals surface area (Å²) in [6.45, 7) is 0. The van der Waals surface area contributed by atoms with E-state index in [2.05, 4.69) is 36.8 Å². The van der Waals surface area contributed by atoms with Gasteiger partial charge in [-0.15, -0.1) is 11.3 Å². The fraction of sp³-hybridized carbons (Fsp3) is 0. The van der Waals surface area contributed by atoms with E-state index >= 15 is 0 Å². The molecule has 5 heteroatoms. The fourth-order valence-corrected chi connectivity index (χ4v) is 3.94. The van der Waals surface area contributed by atoms with E-state index in [1.165, 1.54) is 11.3 Å². The lowest BCUT2D eigenvalue weighted by molar-refractivity contribution is 0.103. The fourth-order valence-electron chi connectivity index (χ4n) is 1.15. The van der Waals surface area contributed by atoms with Gasteiger partial charge in [0.15, 0.2) is 5.78 Å². The molecule has 2 aromatic rings. The van der Waals surface area contributed by atoms with Gasteiger partial charge in [-0.3, -0.25) is 9.78 Å². The summed E-state index contributed by atoms with van der Waals surface area (Å²) in [6, 6.07) is 5.32. The molecular weight excluding hydrogens is 342 g/mol. The highest BCUT2D eigenvalue weighted by Crippen LogP contribution is 2.33. The van der Waals surface area contributed by atoms with E-state index in [0.29, 0.717) is 11.1 Å². The van der Waals surface area contributed by atoms with Crippen molar-refractivity contribution in [2.24, 2.45) is 0 Å². The third kappa shape index (κ3) is 2.35. The van der Waals surface area contributed by atoms with Crippen molar-refractivity contribution < 1.29 is 4.79 Å². The predicted octanol–water partition coefficient (Wildman–Crippen LogP) is 3.90. The largest absolute Gasteiger partial charge is 0.288 e. The van der Waals surface area contributed by atoms with Crippen molar-refractivity contribution in [3.05, 3.63) is 49.3 Å². The summed E-state index contributed by atoms with van der Waals surface area (Å²) in [7, 11) is 0. The standard InChI is InChI=1S/C10H5Br2NOS/c11-8-4-7(10(12)15-8)9(14)6-2-1-3-13-5-6/h1-5H. The molecule has 0 amide bonds. The van der Waals surface area contributed by atoms with Crippen LogP contribution in [-0.2, 0) is 0 Å². The van der Waals surface area contributed by atoms with Gasteiger partial charge in [0, 0.05) is 23.5 Å². The van der Waals surface area contributed by atoms with Crippen molar-refractivity contribution >= 4 is 49.0 Å². The van der Waals surface area contributed by atoms with Crippen molar-refractivity contribution in [3.63, 3.8) is 0 Å². The molecule has 0 N–H and O–H groups in total. The van der Waals surface area contributed by atoms with Crippen LogP contribution < -0.4 is 0 Å². The number of thiophene rings is 1. The number of nitrogens with zero attached hydrogens (tertiary/aromatic N) is 1. The Labute approximate surface area is 108 Å². The zero-order valence-corrected chi connectivity index (χ0v) is 11.4. The summed E-state index contributed by atoms with van der Waals surface area (Å²) in [5.41, 5.74) is 1.27. The van der Waals surface area contributed by atoms with Gasteiger partial charge >= 0.3 is 0 Å². The van der Waals surface area contributed by atoms with Crippen molar-refractivity contribution in [1.82, 2.24) is 4.98 Å². The highest BCUT2D eigenvalue weighted by atomic mass is 79.9. The summed E-state index contributed by atoms with van der Waals surface area (Å²) in [4.78, 5) is 15.9. The molecule has 0 radical (unpaired) electrons. The highest BCUT2D eigenvalue weighted by Gasteiger charge is 2.15. The van der Waals surface area contributed by atoms with Crippen LogP contribution in [0.15, 0.2) is 38.2 Å². The van der Waals surface area contributed by atoms with E-state index in [9.17, 15) is 4.79 Å². The number of halogens is 2. The molecule has 0 fully saturated rings. The molecule has 2 nitrogen and oxygen atoms in total. The third-order valence-electron chi connectivity index (χ3n) is 1.83. The van der Waals surface area contributed by atoms with Crippen LogP contribution in [0.5, 0.6) is 0 Å². The van der Waals surface area contributed by atoms with E-state index in [1.807, 2.05) is 6.07 Å². The Hall–Kier alpha value is -0.520. The van der Waals surface area contributed by atoms with Crippen LogP contribution in [0.25, 0.3) is 0 Å². The molecule has 0 unspecified atom stereocenters. The molecule has 2 heterocycles. The van der Waals surface area contributed by atoms with Crippen molar-refractivity contribution in [2.75, 3.05) is 0 Å². The molecule has 0 atom stereocenters. The monoisotopic (exact) mass is 345 g/mol. The van der Waals surface area contributed by atoms with Gasteiger partial charge in [0.25, 0.3) is 0 Å². The lowest BCUT2D eigenvalue weighted by atomic mass is 10.1. The Morgan fingerprint density at radius 3 is 2.73 bits per heavy atom. The number of pyridine rings is 1. The first kappa shape index (κ1) is 11.0. The maximum Gasteiger partial charge on any atom is 0.196 e. The average Bonchev–Trinajstić information content (AvgIpc) is 2.58. The molecule has 0 aromatic carbocycles. The molecule has 0 bridgehead atoms. The van der Waals surface area contributed by atoms with Gasteiger partial charge < -0.3 is 0 Å². The second-order valence-electron chi connectivity index (χ2n) is 2.81. The maximum absolute atomic E-state index is 12.0. The van der Waals surface area contributed by atoms with Gasteiger partial charge in [-0.1, -0.05) is 0 Å². The van der Waals surface area contributed by atoms with Crippen LogP contribution in [0.4, 0.5) is 0 Å². The first-order valence-electron chi connectivity index (χ1n) is 4.08. The average molecular weight is 347 g/mol. The number of aromatic nitrogens is 1. The molecule has 0 aliphatic carbocycles. The Morgan fingerprint density at radius 1 is 1.40 bits per heavy atom. The van der Waals surface area contributed by atoms with Crippen LogP contribution in [-0.4, -0.2) is 10.8 Å². The Kier molecular flexibility index (Phi) is 3.33. The van der Waals surface area contributed by atoms with Crippen molar-refractivity contribution in [1.29, 1.82) is 0 Å². The summed E-state index contributed by atoms with van der Waals surface area (Å²) in [6.07, 6.45) is 3.22. The lowest BCUT2D eigenvalue weighted by Gasteiger charge is -1.97. The Balaban J connectivity index is 2.41. The second-order valence-corrected chi connectivity index (χ2v) is 6.56. The Morgan fingerprint density at radius 2 is 2.20 bits per heavy atom. The molecule has 0 spiro atoms. The minimum absolute atomic E-state index is 0.0167. The number of carbonyl (C=O) groups excluding carboxylic acids is 1. The quantitative estimate of drug-likeness (QED) is 0.772. The van der Waals surface area contributed by atoms with Crippen LogP contribution in [0.3, 0.4) is 0 Å². The molecular formula is C10H5Br2NOS. The van der Waals surface area contributed by atoms with Gasteiger partial charge in [0.05, 0.1) is 7.57 Å². The number of hydrogen-bond acceptors (Lipinski definition) is 3.